The topological polar surface area (TPSA) is 32.5 Å². The molecule has 0 unspecified atom stereocenters. The highest BCUT2D eigenvalue weighted by Crippen LogP contribution is 2.20. The molecule has 0 aromatic heterocycles. The van der Waals surface area contributed by atoms with Crippen molar-refractivity contribution in [3.8, 4) is 0 Å². The van der Waals surface area contributed by atoms with E-state index in [2.05, 4.69) is 36.0 Å². The van der Waals surface area contributed by atoms with E-state index in [1.807, 2.05) is 12.1 Å². The van der Waals surface area contributed by atoms with Gasteiger partial charge in [-0.15, -0.1) is 0 Å². The fourth-order valence-electron chi connectivity index (χ4n) is 2.84. The van der Waals surface area contributed by atoms with Crippen molar-refractivity contribution in [1.29, 1.82) is 0 Å². The number of hydrogen-bond donors (Lipinski definition) is 1. The molecule has 3 heteroatoms. The zero-order valence-corrected chi connectivity index (χ0v) is 12.3. The number of nitrogen functional groups attached to an aromatic ring is 1. The van der Waals surface area contributed by atoms with Gasteiger partial charge in [0.25, 0.3) is 0 Å². The number of likely N-dealkylation sites (tertiary alicyclic amines) is 1. The zero-order valence-electron chi connectivity index (χ0n) is 12.3. The summed E-state index contributed by atoms with van der Waals surface area (Å²) in [6, 6.07) is 8.21. The Labute approximate surface area is 117 Å². The van der Waals surface area contributed by atoms with Gasteiger partial charge < -0.3 is 15.5 Å². The minimum Gasteiger partial charge on any atom is -0.399 e. The molecule has 1 saturated heterocycles. The van der Waals surface area contributed by atoms with Crippen LogP contribution in [0.2, 0.25) is 0 Å². The van der Waals surface area contributed by atoms with Crippen molar-refractivity contribution in [2.24, 2.45) is 5.92 Å². The Morgan fingerprint density at radius 2 is 2.05 bits per heavy atom. The summed E-state index contributed by atoms with van der Waals surface area (Å²) >= 11 is 0. The quantitative estimate of drug-likeness (QED) is 0.826. The highest BCUT2D eigenvalue weighted by Gasteiger charge is 2.16. The lowest BCUT2D eigenvalue weighted by atomic mass is 9.93. The van der Waals surface area contributed by atoms with E-state index in [1.54, 1.807) is 0 Å². The number of nitrogens with zero attached hydrogens (tertiary/aromatic N) is 2. The maximum atomic E-state index is 5.82. The molecule has 1 fully saturated rings. The predicted molar refractivity (Wildman–Crippen MR) is 82.0 cm³/mol. The van der Waals surface area contributed by atoms with Crippen LogP contribution in [-0.2, 0) is 6.54 Å². The van der Waals surface area contributed by atoms with Gasteiger partial charge in [-0.05, 0) is 76.6 Å². The lowest BCUT2D eigenvalue weighted by Crippen LogP contribution is -2.31. The molecule has 3 nitrogen and oxygen atoms in total. The first-order chi connectivity index (χ1) is 9.13. The second kappa shape index (κ2) is 6.92. The first-order valence-corrected chi connectivity index (χ1v) is 7.35. The van der Waals surface area contributed by atoms with Crippen LogP contribution in [0.5, 0.6) is 0 Å². The van der Waals surface area contributed by atoms with Crippen molar-refractivity contribution in [3.63, 3.8) is 0 Å². The highest BCUT2D eigenvalue weighted by atomic mass is 15.1. The third-order valence-electron chi connectivity index (χ3n) is 4.16. The van der Waals surface area contributed by atoms with E-state index in [0.717, 1.165) is 18.2 Å². The predicted octanol–water partition coefficient (Wildman–Crippen LogP) is 2.43. The van der Waals surface area contributed by atoms with Gasteiger partial charge in [-0.1, -0.05) is 12.1 Å². The number of rotatable bonds is 5. The number of anilines is 1. The lowest BCUT2D eigenvalue weighted by molar-refractivity contribution is 0.194. The molecule has 1 aromatic rings. The molecule has 1 aliphatic heterocycles. The lowest BCUT2D eigenvalue weighted by Gasteiger charge is -2.30. The Balaban J connectivity index is 1.71. The van der Waals surface area contributed by atoms with E-state index >= 15 is 0 Å². The van der Waals surface area contributed by atoms with Crippen LogP contribution in [0, 0.1) is 5.92 Å². The average Bonchev–Trinajstić information content (AvgIpc) is 2.38. The molecular weight excluding hydrogens is 234 g/mol. The number of nitrogens with two attached hydrogens (primary N) is 1. The second-order valence-electron chi connectivity index (χ2n) is 6.02. The summed E-state index contributed by atoms with van der Waals surface area (Å²) in [6.07, 6.45) is 4.05. The molecule has 106 valence electrons. The number of piperidine rings is 1. The highest BCUT2D eigenvalue weighted by molar-refractivity contribution is 5.40. The molecule has 0 saturated carbocycles. The van der Waals surface area contributed by atoms with E-state index in [0.29, 0.717) is 0 Å². The van der Waals surface area contributed by atoms with Crippen LogP contribution in [0.15, 0.2) is 24.3 Å². The van der Waals surface area contributed by atoms with Gasteiger partial charge in [-0.2, -0.15) is 0 Å². The Morgan fingerprint density at radius 1 is 1.32 bits per heavy atom. The third-order valence-corrected chi connectivity index (χ3v) is 4.16. The van der Waals surface area contributed by atoms with E-state index in [9.17, 15) is 0 Å². The normalized spacial score (nSPS) is 18.1. The van der Waals surface area contributed by atoms with Crippen LogP contribution >= 0.6 is 0 Å². The molecule has 2 N–H and O–H groups in total. The Bertz CT molecular complexity index is 383. The molecule has 2 rings (SSSR count). The summed E-state index contributed by atoms with van der Waals surface area (Å²) in [4.78, 5) is 4.85. The maximum absolute atomic E-state index is 5.82. The maximum Gasteiger partial charge on any atom is 0.0317 e. The smallest absolute Gasteiger partial charge is 0.0317 e. The van der Waals surface area contributed by atoms with Crippen molar-refractivity contribution < 1.29 is 0 Å². The minimum absolute atomic E-state index is 0.862. The van der Waals surface area contributed by atoms with Gasteiger partial charge in [0.2, 0.25) is 0 Å². The van der Waals surface area contributed by atoms with E-state index in [-0.39, 0.29) is 0 Å². The summed E-state index contributed by atoms with van der Waals surface area (Å²) in [5.41, 5.74) is 7.99. The van der Waals surface area contributed by atoms with Gasteiger partial charge in [-0.25, -0.2) is 0 Å². The molecule has 1 aliphatic rings. The van der Waals surface area contributed by atoms with Gasteiger partial charge in [0, 0.05) is 12.2 Å². The van der Waals surface area contributed by atoms with Crippen molar-refractivity contribution in [2.45, 2.75) is 25.8 Å². The molecule has 0 atom stereocenters. The molecular formula is C16H27N3. The first-order valence-electron chi connectivity index (χ1n) is 7.35. The SMILES string of the molecule is CN1CCC(CCN(C)Cc2cccc(N)c2)CC1. The van der Waals surface area contributed by atoms with Gasteiger partial charge in [0.15, 0.2) is 0 Å². The largest absolute Gasteiger partial charge is 0.399 e. The number of hydrogen-bond acceptors (Lipinski definition) is 3. The molecule has 0 aliphatic carbocycles. The van der Waals surface area contributed by atoms with E-state index in [4.69, 9.17) is 5.73 Å². The van der Waals surface area contributed by atoms with Crippen LogP contribution in [0.1, 0.15) is 24.8 Å². The number of benzene rings is 1. The molecule has 0 radical (unpaired) electrons. The van der Waals surface area contributed by atoms with Crippen LogP contribution in [0.4, 0.5) is 5.69 Å². The van der Waals surface area contributed by atoms with Gasteiger partial charge in [0.05, 0.1) is 0 Å². The van der Waals surface area contributed by atoms with Gasteiger partial charge in [-0.3, -0.25) is 0 Å². The summed E-state index contributed by atoms with van der Waals surface area (Å²) < 4.78 is 0. The molecule has 0 amide bonds. The van der Waals surface area contributed by atoms with Crippen LogP contribution in [0.25, 0.3) is 0 Å². The van der Waals surface area contributed by atoms with Crippen LogP contribution < -0.4 is 5.73 Å². The van der Waals surface area contributed by atoms with Crippen molar-refractivity contribution in [3.05, 3.63) is 29.8 Å². The van der Waals surface area contributed by atoms with Crippen molar-refractivity contribution in [1.82, 2.24) is 9.80 Å². The average molecular weight is 261 g/mol. The van der Waals surface area contributed by atoms with E-state index in [1.165, 1.54) is 44.5 Å². The van der Waals surface area contributed by atoms with Gasteiger partial charge >= 0.3 is 0 Å². The monoisotopic (exact) mass is 261 g/mol. The van der Waals surface area contributed by atoms with Gasteiger partial charge in [0.1, 0.15) is 0 Å². The molecule has 0 spiro atoms. The molecule has 1 heterocycles. The summed E-state index contributed by atoms with van der Waals surface area (Å²) in [6.45, 7) is 4.72. The molecule has 0 bridgehead atoms. The van der Waals surface area contributed by atoms with Crippen molar-refractivity contribution >= 4 is 5.69 Å². The third kappa shape index (κ3) is 4.84. The molecule has 1 aromatic carbocycles. The Hall–Kier alpha value is -1.06. The van der Waals surface area contributed by atoms with E-state index < -0.39 is 0 Å². The second-order valence-corrected chi connectivity index (χ2v) is 6.02. The summed E-state index contributed by atoms with van der Waals surface area (Å²) in [5.74, 6) is 0.916. The fraction of sp³-hybridized carbons (Fsp3) is 0.625. The fourth-order valence-corrected chi connectivity index (χ4v) is 2.84. The molecule has 19 heavy (non-hydrogen) atoms. The minimum atomic E-state index is 0.862. The van der Waals surface area contributed by atoms with Crippen LogP contribution in [0.3, 0.4) is 0 Å². The zero-order chi connectivity index (χ0) is 13.7. The van der Waals surface area contributed by atoms with Crippen molar-refractivity contribution in [2.75, 3.05) is 39.5 Å². The standard InChI is InChI=1S/C16H27N3/c1-18-9-6-14(7-10-18)8-11-19(2)13-15-4-3-5-16(17)12-15/h3-5,12,14H,6-11,13,17H2,1-2H3. The Kier molecular flexibility index (Phi) is 5.23. The Morgan fingerprint density at radius 3 is 2.74 bits per heavy atom. The summed E-state index contributed by atoms with van der Waals surface area (Å²) in [5, 5.41) is 0. The summed E-state index contributed by atoms with van der Waals surface area (Å²) in [7, 11) is 4.43. The van der Waals surface area contributed by atoms with Crippen LogP contribution in [-0.4, -0.2) is 43.5 Å². The first kappa shape index (κ1) is 14.4.